The van der Waals surface area contributed by atoms with Gasteiger partial charge in [-0.2, -0.15) is 0 Å². The van der Waals surface area contributed by atoms with Crippen LogP contribution < -0.4 is 21.3 Å². The largest absolute Gasteiger partial charge is 0.444 e. The molecule has 148 valence electrons. The number of rotatable bonds is 4. The number of nitrogens with one attached hydrogen (secondary N) is 4. The Hall–Kier alpha value is -3.55. The molecule has 0 aliphatic carbocycles. The third-order valence-electron chi connectivity index (χ3n) is 3.40. The van der Waals surface area contributed by atoms with Gasteiger partial charge in [0.1, 0.15) is 5.60 Å². The maximum Gasteiger partial charge on any atom is 0.412 e. The van der Waals surface area contributed by atoms with Crippen molar-refractivity contribution >= 4 is 35.1 Å². The second kappa shape index (κ2) is 8.90. The van der Waals surface area contributed by atoms with Crippen molar-refractivity contribution in [1.82, 2.24) is 5.32 Å². The summed E-state index contributed by atoms with van der Waals surface area (Å²) in [5.74, 6) is -0.333. The molecule has 0 heterocycles. The van der Waals surface area contributed by atoms with Gasteiger partial charge in [-0.15, -0.1) is 0 Å². The first-order chi connectivity index (χ1) is 13.2. The number of amides is 4. The molecule has 0 aromatic heterocycles. The van der Waals surface area contributed by atoms with Gasteiger partial charge in [-0.05, 0) is 63.2 Å². The van der Waals surface area contributed by atoms with Crippen LogP contribution in [0.1, 0.15) is 31.1 Å². The van der Waals surface area contributed by atoms with E-state index in [1.165, 1.54) is 7.05 Å². The third kappa shape index (κ3) is 6.64. The lowest BCUT2D eigenvalue weighted by atomic mass is 10.1. The highest BCUT2D eigenvalue weighted by atomic mass is 16.6. The number of anilines is 3. The number of ether oxygens (including phenoxy) is 1. The van der Waals surface area contributed by atoms with Gasteiger partial charge in [0.2, 0.25) is 0 Å². The van der Waals surface area contributed by atoms with Crippen molar-refractivity contribution in [3.8, 4) is 0 Å². The number of hydrogen-bond acceptors (Lipinski definition) is 4. The zero-order valence-corrected chi connectivity index (χ0v) is 16.3. The predicted octanol–water partition coefficient (Wildman–Crippen LogP) is 4.04. The van der Waals surface area contributed by atoms with Gasteiger partial charge in [-0.1, -0.05) is 6.07 Å². The second-order valence-corrected chi connectivity index (χ2v) is 6.94. The quantitative estimate of drug-likeness (QED) is 0.638. The van der Waals surface area contributed by atoms with Crippen LogP contribution in [0.3, 0.4) is 0 Å². The van der Waals surface area contributed by atoms with Gasteiger partial charge >= 0.3 is 12.1 Å². The highest BCUT2D eigenvalue weighted by molar-refractivity contribution is 6.05. The molecule has 2 aromatic carbocycles. The van der Waals surface area contributed by atoms with Crippen molar-refractivity contribution in [3.05, 3.63) is 54.1 Å². The Bertz CT molecular complexity index is 857. The van der Waals surface area contributed by atoms with Crippen LogP contribution in [0.2, 0.25) is 0 Å². The van der Waals surface area contributed by atoms with Gasteiger partial charge in [-0.3, -0.25) is 10.1 Å². The van der Waals surface area contributed by atoms with Gasteiger partial charge in [0.15, 0.2) is 0 Å². The summed E-state index contributed by atoms with van der Waals surface area (Å²) < 4.78 is 5.20. The van der Waals surface area contributed by atoms with Crippen molar-refractivity contribution in [2.75, 3.05) is 23.0 Å². The average molecular weight is 384 g/mol. The lowest BCUT2D eigenvalue weighted by molar-refractivity contribution is 0.0635. The molecule has 4 amide bonds. The van der Waals surface area contributed by atoms with E-state index < -0.39 is 11.7 Å². The van der Waals surface area contributed by atoms with Crippen LogP contribution in [0.5, 0.6) is 0 Å². The summed E-state index contributed by atoms with van der Waals surface area (Å²) in [4.78, 5) is 35.6. The molecule has 0 saturated heterocycles. The van der Waals surface area contributed by atoms with Gasteiger partial charge in [0, 0.05) is 29.7 Å². The summed E-state index contributed by atoms with van der Waals surface area (Å²) in [6, 6.07) is 12.9. The van der Waals surface area contributed by atoms with E-state index in [1.807, 2.05) is 0 Å². The molecular weight excluding hydrogens is 360 g/mol. The topological polar surface area (TPSA) is 109 Å². The van der Waals surface area contributed by atoms with Crippen LogP contribution in [0.4, 0.5) is 26.7 Å². The van der Waals surface area contributed by atoms with Crippen LogP contribution in [-0.4, -0.2) is 30.7 Å². The zero-order chi connectivity index (χ0) is 20.7. The standard InChI is InChI=1S/C20H24N4O4/c1-20(2,3)28-19(27)24-16-7-5-6-13(12-16)17(25)22-14-8-10-15(11-9-14)23-18(26)21-4/h5-12H,1-4H3,(H,22,25)(H,24,27)(H2,21,23,26). The lowest BCUT2D eigenvalue weighted by Gasteiger charge is -2.19. The lowest BCUT2D eigenvalue weighted by Crippen LogP contribution is -2.27. The van der Waals surface area contributed by atoms with Crippen molar-refractivity contribution in [2.45, 2.75) is 26.4 Å². The van der Waals surface area contributed by atoms with Crippen LogP contribution >= 0.6 is 0 Å². The molecule has 2 rings (SSSR count). The summed E-state index contributed by atoms with van der Waals surface area (Å²) in [6.07, 6.45) is -0.593. The van der Waals surface area contributed by atoms with Gasteiger partial charge in [0.25, 0.3) is 5.91 Å². The van der Waals surface area contributed by atoms with E-state index in [0.717, 1.165) is 0 Å². The highest BCUT2D eigenvalue weighted by Crippen LogP contribution is 2.17. The van der Waals surface area contributed by atoms with E-state index in [-0.39, 0.29) is 11.9 Å². The molecule has 0 bridgehead atoms. The molecule has 0 spiro atoms. The van der Waals surface area contributed by atoms with Crippen molar-refractivity contribution in [1.29, 1.82) is 0 Å². The van der Waals surface area contributed by atoms with Crippen LogP contribution in [0.25, 0.3) is 0 Å². The van der Waals surface area contributed by atoms with Gasteiger partial charge in [-0.25, -0.2) is 9.59 Å². The first-order valence-corrected chi connectivity index (χ1v) is 8.66. The fourth-order valence-electron chi connectivity index (χ4n) is 2.19. The number of hydrogen-bond donors (Lipinski definition) is 4. The molecule has 0 atom stereocenters. The SMILES string of the molecule is CNC(=O)Nc1ccc(NC(=O)c2cccc(NC(=O)OC(C)(C)C)c2)cc1. The smallest absolute Gasteiger partial charge is 0.412 e. The summed E-state index contributed by atoms with van der Waals surface area (Å²) in [5.41, 5.74) is 1.38. The molecule has 0 radical (unpaired) electrons. The highest BCUT2D eigenvalue weighted by Gasteiger charge is 2.16. The van der Waals surface area contributed by atoms with E-state index in [0.29, 0.717) is 22.6 Å². The number of urea groups is 1. The maximum absolute atomic E-state index is 12.5. The Labute approximate surface area is 163 Å². The van der Waals surface area contributed by atoms with Gasteiger partial charge < -0.3 is 20.7 Å². The van der Waals surface area contributed by atoms with Crippen LogP contribution in [0.15, 0.2) is 48.5 Å². The monoisotopic (exact) mass is 384 g/mol. The predicted molar refractivity (Wildman–Crippen MR) is 109 cm³/mol. The Morgan fingerprint density at radius 2 is 1.43 bits per heavy atom. The first kappa shape index (κ1) is 20.8. The van der Waals surface area contributed by atoms with Crippen molar-refractivity contribution in [2.24, 2.45) is 0 Å². The second-order valence-electron chi connectivity index (χ2n) is 6.94. The maximum atomic E-state index is 12.5. The zero-order valence-electron chi connectivity index (χ0n) is 16.3. The Kier molecular flexibility index (Phi) is 6.59. The van der Waals surface area contributed by atoms with Crippen LogP contribution in [-0.2, 0) is 4.74 Å². The Morgan fingerprint density at radius 1 is 0.821 bits per heavy atom. The third-order valence-corrected chi connectivity index (χ3v) is 3.40. The first-order valence-electron chi connectivity index (χ1n) is 8.66. The summed E-state index contributed by atoms with van der Waals surface area (Å²) >= 11 is 0. The normalized spacial score (nSPS) is 10.6. The number of carbonyl (C=O) groups is 3. The summed E-state index contributed by atoms with van der Waals surface area (Å²) in [7, 11) is 1.52. The van der Waals surface area contributed by atoms with E-state index >= 15 is 0 Å². The fourth-order valence-corrected chi connectivity index (χ4v) is 2.19. The minimum atomic E-state index is -0.613. The average Bonchev–Trinajstić information content (AvgIpc) is 2.61. The summed E-state index contributed by atoms with van der Waals surface area (Å²) in [6.45, 7) is 5.31. The van der Waals surface area contributed by atoms with E-state index in [2.05, 4.69) is 21.3 Å². The van der Waals surface area contributed by atoms with E-state index in [1.54, 1.807) is 69.3 Å². The molecule has 4 N–H and O–H groups in total. The number of carbonyl (C=O) groups excluding carboxylic acids is 3. The Morgan fingerprint density at radius 3 is 2.00 bits per heavy atom. The Balaban J connectivity index is 2.00. The molecule has 0 aliphatic heterocycles. The molecule has 2 aromatic rings. The van der Waals surface area contributed by atoms with Crippen LogP contribution in [0, 0.1) is 0 Å². The van der Waals surface area contributed by atoms with Crippen molar-refractivity contribution in [3.63, 3.8) is 0 Å². The minimum Gasteiger partial charge on any atom is -0.444 e. The molecule has 28 heavy (non-hydrogen) atoms. The molecule has 8 nitrogen and oxygen atoms in total. The molecule has 8 heteroatoms. The molecule has 0 fully saturated rings. The molecular formula is C20H24N4O4. The minimum absolute atomic E-state index is 0.328. The van der Waals surface area contributed by atoms with Gasteiger partial charge in [0.05, 0.1) is 0 Å². The summed E-state index contributed by atoms with van der Waals surface area (Å²) in [5, 5.41) is 10.4. The van der Waals surface area contributed by atoms with E-state index in [9.17, 15) is 14.4 Å². The molecule has 0 aliphatic rings. The fraction of sp³-hybridized carbons (Fsp3) is 0.250. The molecule has 0 saturated carbocycles. The van der Waals surface area contributed by atoms with E-state index in [4.69, 9.17) is 4.74 Å². The number of benzene rings is 2. The molecule has 0 unspecified atom stereocenters. The van der Waals surface area contributed by atoms with Crippen molar-refractivity contribution < 1.29 is 19.1 Å².